The number of ether oxygens (including phenoxy) is 1. The van der Waals surface area contributed by atoms with Crippen molar-refractivity contribution in [3.8, 4) is 17.9 Å². The van der Waals surface area contributed by atoms with Crippen molar-refractivity contribution in [3.05, 3.63) is 18.2 Å². The normalized spacial score (nSPS) is 9.12. The Kier molecular flexibility index (Phi) is 4.65. The monoisotopic (exact) mass is 230 g/mol. The van der Waals surface area contributed by atoms with Crippen LogP contribution in [0.2, 0.25) is 0 Å². The number of hydrogen-bond donors (Lipinski definition) is 1. The number of nitrogens with zero attached hydrogens (tertiary/aromatic N) is 3. The van der Waals surface area contributed by atoms with Gasteiger partial charge >= 0.3 is 0 Å². The molecule has 0 heterocycles. The Morgan fingerprint density at radius 1 is 1.24 bits per heavy atom. The lowest BCUT2D eigenvalue weighted by molar-refractivity contribution is 0.340. The van der Waals surface area contributed by atoms with Gasteiger partial charge in [-0.1, -0.05) is 0 Å². The van der Waals surface area contributed by atoms with Gasteiger partial charge in [0.15, 0.2) is 0 Å². The molecule has 1 aromatic carbocycles. The molecule has 0 aromatic heterocycles. The van der Waals surface area contributed by atoms with E-state index in [9.17, 15) is 0 Å². The van der Waals surface area contributed by atoms with Crippen molar-refractivity contribution in [2.45, 2.75) is 6.92 Å². The molecule has 0 aliphatic rings. The highest BCUT2D eigenvalue weighted by Gasteiger charge is 2.08. The first-order valence-electron chi connectivity index (χ1n) is 5.23. The first kappa shape index (κ1) is 12.7. The molecule has 0 bridgehead atoms. The number of anilines is 2. The van der Waals surface area contributed by atoms with Gasteiger partial charge in [0, 0.05) is 23.5 Å². The molecule has 0 spiro atoms. The van der Waals surface area contributed by atoms with Crippen molar-refractivity contribution in [2.24, 2.45) is 0 Å². The molecule has 0 saturated carbocycles. The minimum absolute atomic E-state index is 0.141. The fourth-order valence-electron chi connectivity index (χ4n) is 1.45. The summed E-state index contributed by atoms with van der Waals surface area (Å²) in [6.45, 7) is 2.70. The fraction of sp³-hybridized carbons (Fsp3) is 0.333. The van der Waals surface area contributed by atoms with E-state index in [4.69, 9.17) is 21.0 Å². The summed E-state index contributed by atoms with van der Waals surface area (Å²) in [6.07, 6.45) is 0. The van der Waals surface area contributed by atoms with E-state index in [2.05, 4.69) is 0 Å². The van der Waals surface area contributed by atoms with Gasteiger partial charge in [-0.3, -0.25) is 0 Å². The molecule has 5 nitrogen and oxygen atoms in total. The second-order valence-corrected chi connectivity index (χ2v) is 3.37. The van der Waals surface area contributed by atoms with E-state index in [1.807, 2.05) is 19.1 Å². The summed E-state index contributed by atoms with van der Waals surface area (Å²) in [5.41, 5.74) is 7.01. The summed E-state index contributed by atoms with van der Waals surface area (Å²) in [5, 5.41) is 17.4. The third kappa shape index (κ3) is 3.58. The van der Waals surface area contributed by atoms with Crippen molar-refractivity contribution in [2.75, 3.05) is 30.3 Å². The first-order chi connectivity index (χ1) is 8.21. The van der Waals surface area contributed by atoms with Gasteiger partial charge in [0.1, 0.15) is 18.8 Å². The molecule has 0 radical (unpaired) electrons. The molecule has 0 amide bonds. The van der Waals surface area contributed by atoms with Gasteiger partial charge < -0.3 is 15.4 Å². The zero-order valence-corrected chi connectivity index (χ0v) is 9.68. The van der Waals surface area contributed by atoms with E-state index in [1.54, 1.807) is 23.1 Å². The average Bonchev–Trinajstić information content (AvgIpc) is 2.28. The molecule has 2 N–H and O–H groups in total. The SMILES string of the molecule is CCOc1cc(N)cc(N(CC#N)CC#N)c1. The number of nitrogen functional groups attached to an aromatic ring is 1. The van der Waals surface area contributed by atoms with Crippen LogP contribution in [0.1, 0.15) is 6.92 Å². The molecule has 0 unspecified atom stereocenters. The molecular weight excluding hydrogens is 216 g/mol. The second-order valence-electron chi connectivity index (χ2n) is 3.37. The third-order valence-corrected chi connectivity index (χ3v) is 2.11. The van der Waals surface area contributed by atoms with Crippen LogP contribution in [0.25, 0.3) is 0 Å². The Balaban J connectivity index is 3.02. The average molecular weight is 230 g/mol. The van der Waals surface area contributed by atoms with Crippen molar-refractivity contribution >= 4 is 11.4 Å². The maximum absolute atomic E-state index is 8.70. The maximum Gasteiger partial charge on any atom is 0.123 e. The maximum atomic E-state index is 8.70. The molecule has 0 aliphatic heterocycles. The standard InChI is InChI=1S/C12H14N4O/c1-2-17-12-8-10(15)7-11(9-12)16(5-3-13)6-4-14/h7-9H,2,5-6,15H2,1H3. The van der Waals surface area contributed by atoms with Gasteiger partial charge in [-0.05, 0) is 13.0 Å². The summed E-state index contributed by atoms with van der Waals surface area (Å²) in [6, 6.07) is 9.23. The van der Waals surface area contributed by atoms with E-state index < -0.39 is 0 Å². The lowest BCUT2D eigenvalue weighted by Gasteiger charge is -2.19. The van der Waals surface area contributed by atoms with Crippen LogP contribution in [0, 0.1) is 22.7 Å². The topological polar surface area (TPSA) is 86.1 Å². The highest BCUT2D eigenvalue weighted by Crippen LogP contribution is 2.25. The van der Waals surface area contributed by atoms with Gasteiger partial charge in [-0.25, -0.2) is 0 Å². The van der Waals surface area contributed by atoms with Gasteiger partial charge in [-0.15, -0.1) is 0 Å². The Morgan fingerprint density at radius 3 is 2.41 bits per heavy atom. The largest absolute Gasteiger partial charge is 0.494 e. The second kappa shape index (κ2) is 6.24. The van der Waals surface area contributed by atoms with Crippen molar-refractivity contribution in [3.63, 3.8) is 0 Å². The van der Waals surface area contributed by atoms with Crippen molar-refractivity contribution < 1.29 is 4.74 Å². The quantitative estimate of drug-likeness (QED) is 0.612. The van der Waals surface area contributed by atoms with Crippen LogP contribution in [0.3, 0.4) is 0 Å². The summed E-state index contributed by atoms with van der Waals surface area (Å²) >= 11 is 0. The number of rotatable bonds is 5. The van der Waals surface area contributed by atoms with Gasteiger partial charge in [0.25, 0.3) is 0 Å². The molecule has 17 heavy (non-hydrogen) atoms. The van der Waals surface area contributed by atoms with Crippen LogP contribution in [-0.4, -0.2) is 19.7 Å². The van der Waals surface area contributed by atoms with Gasteiger partial charge in [0.2, 0.25) is 0 Å². The van der Waals surface area contributed by atoms with Gasteiger partial charge in [0.05, 0.1) is 18.7 Å². The first-order valence-corrected chi connectivity index (χ1v) is 5.23. The van der Waals surface area contributed by atoms with Gasteiger partial charge in [-0.2, -0.15) is 10.5 Å². The smallest absolute Gasteiger partial charge is 0.123 e. The third-order valence-electron chi connectivity index (χ3n) is 2.11. The molecule has 88 valence electrons. The highest BCUT2D eigenvalue weighted by molar-refractivity contribution is 5.61. The molecule has 5 heteroatoms. The molecule has 0 saturated heterocycles. The number of nitrogens with two attached hydrogens (primary N) is 1. The molecule has 1 aromatic rings. The van der Waals surface area contributed by atoms with Crippen LogP contribution in [0.4, 0.5) is 11.4 Å². The molecule has 0 atom stereocenters. The molecule has 1 rings (SSSR count). The fourth-order valence-corrected chi connectivity index (χ4v) is 1.45. The number of hydrogen-bond acceptors (Lipinski definition) is 5. The summed E-state index contributed by atoms with van der Waals surface area (Å²) in [5.74, 6) is 0.642. The Labute approximate surface area is 101 Å². The Bertz CT molecular complexity index is 443. The predicted molar refractivity (Wildman–Crippen MR) is 65.5 cm³/mol. The van der Waals surface area contributed by atoms with E-state index in [0.29, 0.717) is 18.0 Å². The lowest BCUT2D eigenvalue weighted by Crippen LogP contribution is -2.23. The molecular formula is C12H14N4O. The van der Waals surface area contributed by atoms with Crippen LogP contribution in [0.5, 0.6) is 5.75 Å². The van der Waals surface area contributed by atoms with Crippen LogP contribution in [-0.2, 0) is 0 Å². The Morgan fingerprint density at radius 2 is 1.88 bits per heavy atom. The number of benzene rings is 1. The minimum atomic E-state index is 0.141. The van der Waals surface area contributed by atoms with Crippen LogP contribution >= 0.6 is 0 Å². The lowest BCUT2D eigenvalue weighted by atomic mass is 10.2. The van der Waals surface area contributed by atoms with Crippen LogP contribution in [0.15, 0.2) is 18.2 Å². The summed E-state index contributed by atoms with van der Waals surface area (Å²) < 4.78 is 5.36. The van der Waals surface area contributed by atoms with E-state index in [0.717, 1.165) is 5.69 Å². The predicted octanol–water partition coefficient (Wildman–Crippen LogP) is 1.52. The molecule has 0 fully saturated rings. The van der Waals surface area contributed by atoms with Crippen molar-refractivity contribution in [1.82, 2.24) is 0 Å². The molecule has 0 aliphatic carbocycles. The van der Waals surface area contributed by atoms with E-state index in [-0.39, 0.29) is 13.1 Å². The summed E-state index contributed by atoms with van der Waals surface area (Å²) in [7, 11) is 0. The highest BCUT2D eigenvalue weighted by atomic mass is 16.5. The van der Waals surface area contributed by atoms with Crippen LogP contribution < -0.4 is 15.4 Å². The minimum Gasteiger partial charge on any atom is -0.494 e. The summed E-state index contributed by atoms with van der Waals surface area (Å²) in [4.78, 5) is 1.64. The number of nitriles is 2. The van der Waals surface area contributed by atoms with E-state index in [1.165, 1.54) is 0 Å². The zero-order chi connectivity index (χ0) is 12.7. The zero-order valence-electron chi connectivity index (χ0n) is 9.68. The van der Waals surface area contributed by atoms with Crippen molar-refractivity contribution in [1.29, 1.82) is 10.5 Å². The van der Waals surface area contributed by atoms with E-state index >= 15 is 0 Å². The Hall–Kier alpha value is -2.40.